The van der Waals surface area contributed by atoms with Gasteiger partial charge in [0.15, 0.2) is 0 Å². The predicted molar refractivity (Wildman–Crippen MR) is 65.5 cm³/mol. The van der Waals surface area contributed by atoms with Crippen molar-refractivity contribution in [3.63, 3.8) is 0 Å². The van der Waals surface area contributed by atoms with Crippen LogP contribution in [-0.2, 0) is 4.79 Å². The smallest absolute Gasteiger partial charge is 0.221 e. The first-order chi connectivity index (χ1) is 7.15. The number of hydrogen-bond donors (Lipinski definition) is 2. The predicted octanol–water partition coefficient (Wildman–Crippen LogP) is 1.59. The highest BCUT2D eigenvalue weighted by Gasteiger charge is 2.00. The Morgan fingerprint density at radius 2 is 2.19 bits per heavy atom. The van der Waals surface area contributed by atoms with Crippen molar-refractivity contribution in [3.05, 3.63) is 24.4 Å². The van der Waals surface area contributed by atoms with Gasteiger partial charge >= 0.3 is 0 Å². The fourth-order valence-corrected chi connectivity index (χ4v) is 1.33. The lowest BCUT2D eigenvalue weighted by atomic mass is 10.2. The molecule has 2 aromatic rings. The van der Waals surface area contributed by atoms with Crippen LogP contribution in [0.1, 0.15) is 6.92 Å². The molecule has 0 spiro atoms. The highest BCUT2D eigenvalue weighted by molar-refractivity contribution is 5.92. The van der Waals surface area contributed by atoms with Gasteiger partial charge in [0, 0.05) is 24.2 Å². The molecule has 2 rings (SSSR count). The van der Waals surface area contributed by atoms with Crippen LogP contribution in [0.2, 0.25) is 0 Å². The molecule has 0 aliphatic heterocycles. The van der Waals surface area contributed by atoms with Crippen LogP contribution in [0.5, 0.6) is 0 Å². The molecular weight excluding hydrogens is 228 g/mol. The standard InChI is InChI=1S/C10H10N4O.ClH/c1-6(15)13-8-2-3-9-7(4-8)5-12-10(11)14-9;/h2-5H,1H3,(H,13,15)(H2,11,12,14);1H. The molecular formula is C10H11ClN4O. The molecule has 0 bridgehead atoms. The number of carbonyl (C=O) groups is 1. The van der Waals surface area contributed by atoms with Crippen molar-refractivity contribution in [1.82, 2.24) is 9.97 Å². The molecule has 16 heavy (non-hydrogen) atoms. The largest absolute Gasteiger partial charge is 0.368 e. The van der Waals surface area contributed by atoms with Gasteiger partial charge in [-0.1, -0.05) is 0 Å². The molecule has 0 unspecified atom stereocenters. The Balaban J connectivity index is 0.00000128. The van der Waals surface area contributed by atoms with E-state index in [1.807, 2.05) is 0 Å². The van der Waals surface area contributed by atoms with Crippen LogP contribution in [0, 0.1) is 0 Å². The minimum absolute atomic E-state index is 0. The van der Waals surface area contributed by atoms with Gasteiger partial charge in [-0.2, -0.15) is 0 Å². The van der Waals surface area contributed by atoms with Gasteiger partial charge in [-0.05, 0) is 18.2 Å². The van der Waals surface area contributed by atoms with E-state index in [9.17, 15) is 4.79 Å². The molecule has 0 aliphatic rings. The monoisotopic (exact) mass is 238 g/mol. The molecule has 5 nitrogen and oxygen atoms in total. The van der Waals surface area contributed by atoms with E-state index in [1.54, 1.807) is 24.4 Å². The fourth-order valence-electron chi connectivity index (χ4n) is 1.33. The van der Waals surface area contributed by atoms with Crippen LogP contribution in [0.15, 0.2) is 24.4 Å². The minimum atomic E-state index is -0.106. The first-order valence-electron chi connectivity index (χ1n) is 4.45. The summed E-state index contributed by atoms with van der Waals surface area (Å²) in [6.45, 7) is 1.46. The zero-order chi connectivity index (χ0) is 10.8. The van der Waals surface area contributed by atoms with Gasteiger partial charge in [-0.15, -0.1) is 12.4 Å². The van der Waals surface area contributed by atoms with E-state index >= 15 is 0 Å². The van der Waals surface area contributed by atoms with E-state index in [0.717, 1.165) is 16.6 Å². The van der Waals surface area contributed by atoms with Crippen LogP contribution in [0.4, 0.5) is 11.6 Å². The van der Waals surface area contributed by atoms with Gasteiger partial charge in [-0.25, -0.2) is 9.97 Å². The Bertz CT molecular complexity index is 529. The molecule has 3 N–H and O–H groups in total. The first-order valence-corrected chi connectivity index (χ1v) is 4.45. The second kappa shape index (κ2) is 4.76. The molecule has 6 heteroatoms. The third-order valence-electron chi connectivity index (χ3n) is 1.92. The van der Waals surface area contributed by atoms with E-state index in [2.05, 4.69) is 15.3 Å². The van der Waals surface area contributed by atoms with Crippen LogP contribution < -0.4 is 11.1 Å². The Hall–Kier alpha value is -1.88. The molecule has 0 saturated carbocycles. The van der Waals surface area contributed by atoms with Crippen LogP contribution in [0.25, 0.3) is 10.9 Å². The summed E-state index contributed by atoms with van der Waals surface area (Å²) in [5.74, 6) is 0.139. The van der Waals surface area contributed by atoms with Crippen molar-refractivity contribution in [2.75, 3.05) is 11.1 Å². The van der Waals surface area contributed by atoms with Crippen molar-refractivity contribution in [3.8, 4) is 0 Å². The van der Waals surface area contributed by atoms with E-state index in [1.165, 1.54) is 6.92 Å². The van der Waals surface area contributed by atoms with Crippen molar-refractivity contribution in [1.29, 1.82) is 0 Å². The molecule has 0 fully saturated rings. The van der Waals surface area contributed by atoms with Crippen LogP contribution in [0.3, 0.4) is 0 Å². The van der Waals surface area contributed by atoms with Crippen LogP contribution in [-0.4, -0.2) is 15.9 Å². The number of nitrogens with one attached hydrogen (secondary N) is 1. The van der Waals surface area contributed by atoms with Crippen molar-refractivity contribution in [2.45, 2.75) is 6.92 Å². The molecule has 0 aliphatic carbocycles. The number of halogens is 1. The Kier molecular flexibility index (Phi) is 3.63. The number of aromatic nitrogens is 2. The van der Waals surface area contributed by atoms with Gasteiger partial charge < -0.3 is 11.1 Å². The summed E-state index contributed by atoms with van der Waals surface area (Å²) in [5.41, 5.74) is 6.94. The first kappa shape index (κ1) is 12.2. The Morgan fingerprint density at radius 3 is 2.88 bits per heavy atom. The quantitative estimate of drug-likeness (QED) is 0.791. The Labute approximate surface area is 98.5 Å². The molecule has 84 valence electrons. The number of benzene rings is 1. The zero-order valence-electron chi connectivity index (χ0n) is 8.60. The van der Waals surface area contributed by atoms with Gasteiger partial charge in [-0.3, -0.25) is 4.79 Å². The van der Waals surface area contributed by atoms with E-state index in [0.29, 0.717) is 0 Å². The lowest BCUT2D eigenvalue weighted by Gasteiger charge is -2.03. The number of hydrogen-bond acceptors (Lipinski definition) is 4. The second-order valence-electron chi connectivity index (χ2n) is 3.18. The number of nitrogens with two attached hydrogens (primary N) is 1. The van der Waals surface area contributed by atoms with Gasteiger partial charge in [0.2, 0.25) is 11.9 Å². The number of nitrogen functional groups attached to an aromatic ring is 1. The highest BCUT2D eigenvalue weighted by Crippen LogP contribution is 2.17. The van der Waals surface area contributed by atoms with Crippen molar-refractivity contribution >= 4 is 40.9 Å². The maximum Gasteiger partial charge on any atom is 0.221 e. The molecule has 0 atom stereocenters. The van der Waals surface area contributed by atoms with Gasteiger partial charge in [0.05, 0.1) is 5.52 Å². The minimum Gasteiger partial charge on any atom is -0.368 e. The zero-order valence-corrected chi connectivity index (χ0v) is 9.41. The normalized spacial score (nSPS) is 9.56. The summed E-state index contributed by atoms with van der Waals surface area (Å²) in [7, 11) is 0. The molecule has 0 radical (unpaired) electrons. The van der Waals surface area contributed by atoms with E-state index < -0.39 is 0 Å². The third-order valence-corrected chi connectivity index (χ3v) is 1.92. The number of anilines is 2. The molecule has 1 heterocycles. The van der Waals surface area contributed by atoms with E-state index in [-0.39, 0.29) is 24.3 Å². The van der Waals surface area contributed by atoms with Gasteiger partial charge in [0.25, 0.3) is 0 Å². The summed E-state index contributed by atoms with van der Waals surface area (Å²) in [5, 5.41) is 3.53. The summed E-state index contributed by atoms with van der Waals surface area (Å²) in [6, 6.07) is 5.37. The van der Waals surface area contributed by atoms with Gasteiger partial charge in [0.1, 0.15) is 0 Å². The molecule has 0 saturated heterocycles. The average Bonchev–Trinajstić information content (AvgIpc) is 2.17. The average molecular weight is 239 g/mol. The maximum atomic E-state index is 10.8. The maximum absolute atomic E-state index is 10.8. The number of fused-ring (bicyclic) bond motifs is 1. The number of amides is 1. The summed E-state index contributed by atoms with van der Waals surface area (Å²) >= 11 is 0. The van der Waals surface area contributed by atoms with E-state index in [4.69, 9.17) is 5.73 Å². The topological polar surface area (TPSA) is 80.9 Å². The third kappa shape index (κ3) is 2.58. The number of nitrogens with zero attached hydrogens (tertiary/aromatic N) is 2. The lowest BCUT2D eigenvalue weighted by molar-refractivity contribution is -0.114. The molecule has 1 aromatic heterocycles. The summed E-state index contributed by atoms with van der Waals surface area (Å²) < 4.78 is 0. The molecule has 1 amide bonds. The lowest BCUT2D eigenvalue weighted by Crippen LogP contribution is -2.05. The van der Waals surface area contributed by atoms with Crippen molar-refractivity contribution < 1.29 is 4.79 Å². The molecule has 1 aromatic carbocycles. The van der Waals surface area contributed by atoms with Crippen LogP contribution >= 0.6 is 12.4 Å². The Morgan fingerprint density at radius 1 is 1.44 bits per heavy atom. The number of rotatable bonds is 1. The number of carbonyl (C=O) groups excluding carboxylic acids is 1. The SMILES string of the molecule is CC(=O)Nc1ccc2nc(N)ncc2c1.Cl. The second-order valence-corrected chi connectivity index (χ2v) is 3.18. The summed E-state index contributed by atoms with van der Waals surface area (Å²) in [6.07, 6.45) is 1.63. The highest BCUT2D eigenvalue weighted by atomic mass is 35.5. The fraction of sp³-hybridized carbons (Fsp3) is 0.100. The summed E-state index contributed by atoms with van der Waals surface area (Å²) in [4.78, 5) is 18.8. The van der Waals surface area contributed by atoms with Crippen molar-refractivity contribution in [2.24, 2.45) is 0 Å².